The quantitative estimate of drug-likeness (QED) is 0.166. The highest BCUT2D eigenvalue weighted by Crippen LogP contribution is 2.13. The highest BCUT2D eigenvalue weighted by molar-refractivity contribution is 6.30. The van der Waals surface area contributed by atoms with E-state index in [1.807, 2.05) is 48.6 Å². The molecule has 0 heterocycles. The van der Waals surface area contributed by atoms with Gasteiger partial charge in [-0.1, -0.05) is 48.0 Å². The van der Waals surface area contributed by atoms with Crippen LogP contribution < -0.4 is 10.8 Å². The lowest BCUT2D eigenvalue weighted by atomic mass is 10.1. The maximum atomic E-state index is 12.5. The Morgan fingerprint density at radius 2 is 1.67 bits per heavy atom. The van der Waals surface area contributed by atoms with Crippen LogP contribution in [0.2, 0.25) is 5.02 Å². The standard InChI is InChI=1S/C22H25ClN2O5/c1-29-15-30-14-20(12-13-21(26)25-28)24-22(27)18-8-4-16(5-9-18)2-3-17-6-10-19(23)11-7-17/h2-11,20,28H,12-15H2,1H3,(H,24,27)(H,25,26)/b3-2+/t20-/m0/s1. The molecule has 0 unspecified atom stereocenters. The summed E-state index contributed by atoms with van der Waals surface area (Å²) in [6.07, 6.45) is 4.26. The van der Waals surface area contributed by atoms with Gasteiger partial charge in [-0.2, -0.15) is 0 Å². The average Bonchev–Trinajstić information content (AvgIpc) is 2.77. The van der Waals surface area contributed by atoms with Gasteiger partial charge in [0.1, 0.15) is 6.79 Å². The summed E-state index contributed by atoms with van der Waals surface area (Å²) in [7, 11) is 1.50. The fraction of sp³-hybridized carbons (Fsp3) is 0.273. The Kier molecular flexibility index (Phi) is 10.0. The first-order valence-corrected chi connectivity index (χ1v) is 9.74. The van der Waals surface area contributed by atoms with E-state index in [9.17, 15) is 9.59 Å². The molecular formula is C22H25ClN2O5. The molecule has 0 fully saturated rings. The predicted molar refractivity (Wildman–Crippen MR) is 115 cm³/mol. The molecule has 30 heavy (non-hydrogen) atoms. The van der Waals surface area contributed by atoms with Crippen LogP contribution in [0, 0.1) is 0 Å². The molecule has 2 amide bonds. The topological polar surface area (TPSA) is 96.9 Å². The van der Waals surface area contributed by atoms with Crippen LogP contribution >= 0.6 is 11.6 Å². The summed E-state index contributed by atoms with van der Waals surface area (Å²) in [6.45, 7) is 0.257. The van der Waals surface area contributed by atoms with Crippen LogP contribution in [0.4, 0.5) is 0 Å². The number of rotatable bonds is 11. The number of ether oxygens (including phenoxy) is 2. The third-order valence-corrected chi connectivity index (χ3v) is 4.46. The molecule has 8 heteroatoms. The Hall–Kier alpha value is -2.71. The van der Waals surface area contributed by atoms with E-state index >= 15 is 0 Å². The van der Waals surface area contributed by atoms with Crippen molar-refractivity contribution in [3.05, 3.63) is 70.2 Å². The van der Waals surface area contributed by atoms with Gasteiger partial charge in [0, 0.05) is 24.1 Å². The number of methoxy groups -OCH3 is 1. The molecule has 2 rings (SSSR count). The number of hydrogen-bond donors (Lipinski definition) is 3. The van der Waals surface area contributed by atoms with Crippen LogP contribution in [0.15, 0.2) is 48.5 Å². The molecule has 0 saturated carbocycles. The summed E-state index contributed by atoms with van der Waals surface area (Å²) in [5.41, 5.74) is 4.03. The highest BCUT2D eigenvalue weighted by Gasteiger charge is 2.16. The van der Waals surface area contributed by atoms with Gasteiger partial charge in [-0.15, -0.1) is 0 Å². The third kappa shape index (κ3) is 8.34. The number of carbonyl (C=O) groups is 2. The van der Waals surface area contributed by atoms with Gasteiger partial charge >= 0.3 is 0 Å². The van der Waals surface area contributed by atoms with Crippen molar-refractivity contribution in [2.75, 3.05) is 20.5 Å². The van der Waals surface area contributed by atoms with E-state index in [4.69, 9.17) is 26.3 Å². The normalized spacial score (nSPS) is 12.0. The minimum atomic E-state index is -0.530. The second-order valence-corrected chi connectivity index (χ2v) is 6.96. The van der Waals surface area contributed by atoms with E-state index in [2.05, 4.69) is 5.32 Å². The van der Waals surface area contributed by atoms with E-state index < -0.39 is 11.9 Å². The van der Waals surface area contributed by atoms with Crippen molar-refractivity contribution in [2.24, 2.45) is 0 Å². The van der Waals surface area contributed by atoms with Crippen LogP contribution in [0.1, 0.15) is 34.3 Å². The molecular weight excluding hydrogens is 408 g/mol. The number of halogens is 1. The third-order valence-electron chi connectivity index (χ3n) is 4.21. The van der Waals surface area contributed by atoms with Gasteiger partial charge < -0.3 is 14.8 Å². The van der Waals surface area contributed by atoms with Crippen molar-refractivity contribution in [1.82, 2.24) is 10.8 Å². The SMILES string of the molecule is COCOC[C@H](CCC(=O)NO)NC(=O)c1ccc(/C=C/c2ccc(Cl)cc2)cc1. The zero-order valence-electron chi connectivity index (χ0n) is 16.6. The first kappa shape index (κ1) is 23.6. The van der Waals surface area contributed by atoms with E-state index in [0.29, 0.717) is 17.0 Å². The number of benzene rings is 2. The molecule has 0 aliphatic rings. The second-order valence-electron chi connectivity index (χ2n) is 6.53. The van der Waals surface area contributed by atoms with Crippen molar-refractivity contribution in [1.29, 1.82) is 0 Å². The van der Waals surface area contributed by atoms with Crippen LogP contribution in [-0.4, -0.2) is 43.6 Å². The van der Waals surface area contributed by atoms with Crippen molar-refractivity contribution in [3.8, 4) is 0 Å². The Bertz CT molecular complexity index is 838. The number of hydroxylamine groups is 1. The van der Waals surface area contributed by atoms with Gasteiger partial charge in [0.2, 0.25) is 5.91 Å². The zero-order valence-corrected chi connectivity index (χ0v) is 17.4. The van der Waals surface area contributed by atoms with E-state index in [1.165, 1.54) is 7.11 Å². The molecule has 2 aromatic carbocycles. The smallest absolute Gasteiger partial charge is 0.251 e. The summed E-state index contributed by atoms with van der Waals surface area (Å²) < 4.78 is 10.1. The summed E-state index contributed by atoms with van der Waals surface area (Å²) in [4.78, 5) is 23.8. The molecule has 2 aromatic rings. The molecule has 0 bridgehead atoms. The maximum absolute atomic E-state index is 12.5. The van der Waals surface area contributed by atoms with Gasteiger partial charge in [0.15, 0.2) is 0 Å². The zero-order chi connectivity index (χ0) is 21.8. The summed E-state index contributed by atoms with van der Waals surface area (Å²) >= 11 is 5.88. The van der Waals surface area contributed by atoms with Crippen LogP contribution in [0.3, 0.4) is 0 Å². The molecule has 0 saturated heterocycles. The fourth-order valence-electron chi connectivity index (χ4n) is 2.61. The first-order valence-electron chi connectivity index (χ1n) is 9.36. The molecule has 0 aromatic heterocycles. The van der Waals surface area contributed by atoms with E-state index in [0.717, 1.165) is 11.1 Å². The molecule has 160 valence electrons. The predicted octanol–water partition coefficient (Wildman–Crippen LogP) is 3.51. The highest BCUT2D eigenvalue weighted by atomic mass is 35.5. The number of amides is 2. The minimum Gasteiger partial charge on any atom is -0.359 e. The van der Waals surface area contributed by atoms with Gasteiger partial charge in [0.05, 0.1) is 12.6 Å². The summed E-state index contributed by atoms with van der Waals surface area (Å²) in [5, 5.41) is 12.2. The molecule has 0 aliphatic heterocycles. The minimum absolute atomic E-state index is 0.0478. The van der Waals surface area contributed by atoms with E-state index in [-0.39, 0.29) is 25.7 Å². The number of carbonyl (C=O) groups excluding carboxylic acids is 2. The second kappa shape index (κ2) is 12.8. The largest absolute Gasteiger partial charge is 0.359 e. The number of nitrogens with one attached hydrogen (secondary N) is 2. The lowest BCUT2D eigenvalue weighted by molar-refractivity contribution is -0.129. The van der Waals surface area contributed by atoms with Gasteiger partial charge in [-0.25, -0.2) is 5.48 Å². The lowest BCUT2D eigenvalue weighted by Crippen LogP contribution is -2.39. The van der Waals surface area contributed by atoms with Crippen LogP contribution in [-0.2, 0) is 14.3 Å². The van der Waals surface area contributed by atoms with Crippen molar-refractivity contribution in [3.63, 3.8) is 0 Å². The molecule has 3 N–H and O–H groups in total. The van der Waals surface area contributed by atoms with Gasteiger partial charge in [-0.3, -0.25) is 14.8 Å². The Labute approximate surface area is 180 Å². The Balaban J connectivity index is 1.96. The molecule has 1 atom stereocenters. The van der Waals surface area contributed by atoms with Gasteiger partial charge in [-0.05, 0) is 41.8 Å². The maximum Gasteiger partial charge on any atom is 0.251 e. The first-order chi connectivity index (χ1) is 14.5. The molecule has 7 nitrogen and oxygen atoms in total. The summed E-state index contributed by atoms with van der Waals surface area (Å²) in [6, 6.07) is 14.2. The van der Waals surface area contributed by atoms with E-state index in [1.54, 1.807) is 17.6 Å². The van der Waals surface area contributed by atoms with Crippen LogP contribution in [0.5, 0.6) is 0 Å². The van der Waals surface area contributed by atoms with Crippen molar-refractivity contribution >= 4 is 35.6 Å². The van der Waals surface area contributed by atoms with Crippen molar-refractivity contribution < 1.29 is 24.3 Å². The monoisotopic (exact) mass is 432 g/mol. The fourth-order valence-corrected chi connectivity index (χ4v) is 2.74. The molecule has 0 radical (unpaired) electrons. The van der Waals surface area contributed by atoms with Crippen molar-refractivity contribution in [2.45, 2.75) is 18.9 Å². The molecule has 0 spiro atoms. The lowest BCUT2D eigenvalue weighted by Gasteiger charge is -2.18. The number of hydrogen-bond acceptors (Lipinski definition) is 5. The molecule has 0 aliphatic carbocycles. The Morgan fingerprint density at radius 3 is 2.23 bits per heavy atom. The average molecular weight is 433 g/mol. The van der Waals surface area contributed by atoms with Gasteiger partial charge in [0.25, 0.3) is 5.91 Å². The Morgan fingerprint density at radius 1 is 1.07 bits per heavy atom. The summed E-state index contributed by atoms with van der Waals surface area (Å²) in [5.74, 6) is -0.809. The van der Waals surface area contributed by atoms with Crippen LogP contribution in [0.25, 0.3) is 12.2 Å².